The third-order valence-electron chi connectivity index (χ3n) is 10.6. The number of carbonyl (C=O) groups is 4. The highest BCUT2D eigenvalue weighted by molar-refractivity contribution is 7.52. The highest BCUT2D eigenvalue weighted by Crippen LogP contribution is 2.59. The van der Waals surface area contributed by atoms with E-state index in [-0.39, 0.29) is 53.5 Å². The van der Waals surface area contributed by atoms with Gasteiger partial charge in [0, 0.05) is 48.9 Å². The number of likely N-dealkylation sites (tertiary alicyclic amines) is 1. The molecule has 5 heterocycles. The van der Waals surface area contributed by atoms with Crippen LogP contribution in [0.3, 0.4) is 0 Å². The molecule has 4 fully saturated rings. The molecule has 0 bridgehead atoms. The van der Waals surface area contributed by atoms with Crippen molar-refractivity contribution in [3.05, 3.63) is 70.6 Å². The van der Waals surface area contributed by atoms with Crippen LogP contribution in [0.1, 0.15) is 52.9 Å². The van der Waals surface area contributed by atoms with E-state index in [1.807, 2.05) is 30.3 Å². The lowest BCUT2D eigenvalue weighted by Gasteiger charge is -2.44. The van der Waals surface area contributed by atoms with E-state index in [4.69, 9.17) is 9.47 Å². The summed E-state index contributed by atoms with van der Waals surface area (Å²) in [5.41, 5.74) is -4.35. The van der Waals surface area contributed by atoms with Gasteiger partial charge in [-0.3, -0.25) is 23.7 Å². The Labute approximate surface area is 308 Å². The first kappa shape index (κ1) is 37.5. The van der Waals surface area contributed by atoms with Crippen molar-refractivity contribution < 1.29 is 51.8 Å². The molecule has 3 N–H and O–H groups in total. The Morgan fingerprint density at radius 3 is 2.40 bits per heavy atom. The predicted molar refractivity (Wildman–Crippen MR) is 189 cm³/mol. The fraction of sp³-hybridized carbons (Fsp3) is 0.500. The van der Waals surface area contributed by atoms with Crippen molar-refractivity contribution in [2.24, 2.45) is 5.92 Å². The molecule has 0 radical (unpaired) electrons. The summed E-state index contributed by atoms with van der Waals surface area (Å²) in [5.74, 6) is -1.57. The van der Waals surface area contributed by atoms with Crippen LogP contribution in [0.2, 0.25) is 0 Å². The van der Waals surface area contributed by atoms with Gasteiger partial charge in [-0.15, -0.1) is 11.3 Å². The molecule has 0 aliphatic carbocycles. The zero-order valence-electron chi connectivity index (χ0n) is 28.8. The number of alkyl halides is 2. The predicted octanol–water partition coefficient (Wildman–Crippen LogP) is 3.67. The lowest BCUT2D eigenvalue weighted by atomic mass is 9.95. The maximum Gasteiger partial charge on any atom is 0.399 e. The van der Waals surface area contributed by atoms with Gasteiger partial charge in [0.2, 0.25) is 17.7 Å². The van der Waals surface area contributed by atoms with Crippen LogP contribution in [0, 0.1) is 5.92 Å². The Bertz CT molecular complexity index is 1910. The molecular weight excluding hydrogens is 733 g/mol. The average molecular weight is 775 g/mol. The molecule has 0 spiro atoms. The zero-order valence-corrected chi connectivity index (χ0v) is 30.5. The highest BCUT2D eigenvalue weighted by atomic mass is 32.1. The fourth-order valence-corrected chi connectivity index (χ4v) is 9.07. The van der Waals surface area contributed by atoms with Crippen molar-refractivity contribution in [3.8, 4) is 0 Å². The zero-order chi connectivity index (χ0) is 37.5. The van der Waals surface area contributed by atoms with E-state index in [1.165, 1.54) is 12.1 Å². The lowest BCUT2D eigenvalue weighted by molar-refractivity contribution is -0.157. The number of fused-ring (bicyclic) bond motifs is 2. The summed E-state index contributed by atoms with van der Waals surface area (Å²) in [5, 5.41) is 3.03. The van der Waals surface area contributed by atoms with Crippen LogP contribution >= 0.6 is 18.9 Å². The minimum atomic E-state index is -5.80. The monoisotopic (exact) mass is 774 g/mol. The van der Waals surface area contributed by atoms with Crippen molar-refractivity contribution in [2.45, 2.75) is 68.6 Å². The van der Waals surface area contributed by atoms with Crippen LogP contribution in [0.5, 0.6) is 0 Å². The van der Waals surface area contributed by atoms with Gasteiger partial charge in [-0.1, -0.05) is 36.4 Å². The number of nitrogens with one attached hydrogen (secondary N) is 1. The quantitative estimate of drug-likeness (QED) is 0.275. The molecule has 7 rings (SSSR count). The van der Waals surface area contributed by atoms with Crippen LogP contribution in [0.25, 0.3) is 10.1 Å². The number of rotatable bonds is 9. The molecule has 0 saturated carbocycles. The van der Waals surface area contributed by atoms with E-state index in [1.54, 1.807) is 14.7 Å². The van der Waals surface area contributed by atoms with E-state index < -0.39 is 48.8 Å². The van der Waals surface area contributed by atoms with Crippen molar-refractivity contribution in [1.82, 2.24) is 20.0 Å². The van der Waals surface area contributed by atoms with Crippen molar-refractivity contribution in [3.63, 3.8) is 0 Å². The van der Waals surface area contributed by atoms with Crippen LogP contribution in [0.15, 0.2) is 54.6 Å². The number of nitrogens with zero attached hydrogens (tertiary/aromatic N) is 3. The summed E-state index contributed by atoms with van der Waals surface area (Å²) in [6.45, 7) is 2.87. The standard InChI is InChI=1S/C36H41F2N4O9PS/c37-36(38,52(47,48)49)25-6-11-30-23(16-25)17-31(53-30)32(43)39-28-18-27(51-21-22-4-2-1-3-5-22)9-7-26-8-10-29(42(26)34(28)45)35(46)41-19-24(20-41)33(44)40-12-14-50-15-13-40/h1-6,11,16-17,24,26-29H,7-10,12-15,18-21H2,(H,39,43)(H2,47,48,49)/t26-,27+,28-,29-/m0/s1. The van der Waals surface area contributed by atoms with E-state index in [9.17, 15) is 42.3 Å². The molecule has 4 amide bonds. The fourth-order valence-electron chi connectivity index (χ4n) is 7.65. The Balaban J connectivity index is 1.09. The Morgan fingerprint density at radius 1 is 0.962 bits per heavy atom. The minimum Gasteiger partial charge on any atom is -0.378 e. The van der Waals surface area contributed by atoms with Gasteiger partial charge in [0.05, 0.1) is 36.7 Å². The molecule has 4 aliphatic heterocycles. The van der Waals surface area contributed by atoms with Crippen molar-refractivity contribution in [2.75, 3.05) is 39.4 Å². The Hall–Kier alpha value is -3.79. The first-order valence-corrected chi connectivity index (χ1v) is 20.1. The molecule has 53 heavy (non-hydrogen) atoms. The molecule has 3 aromatic rings. The molecule has 284 valence electrons. The van der Waals surface area contributed by atoms with Gasteiger partial charge in [-0.25, -0.2) is 0 Å². The third kappa shape index (κ3) is 7.76. The third-order valence-corrected chi connectivity index (χ3v) is 12.7. The van der Waals surface area contributed by atoms with Gasteiger partial charge in [0.15, 0.2) is 0 Å². The normalized spacial score (nSPS) is 24.4. The maximum absolute atomic E-state index is 14.5. The number of hydrogen-bond acceptors (Lipinski definition) is 8. The van der Waals surface area contributed by atoms with E-state index in [0.29, 0.717) is 63.3 Å². The summed E-state index contributed by atoms with van der Waals surface area (Å²) in [6.07, 6.45) is 1.95. The molecular formula is C36H41F2N4O9PS. The van der Waals surface area contributed by atoms with Crippen molar-refractivity contribution in [1.29, 1.82) is 0 Å². The smallest absolute Gasteiger partial charge is 0.378 e. The van der Waals surface area contributed by atoms with Gasteiger partial charge in [-0.2, -0.15) is 8.78 Å². The Morgan fingerprint density at radius 2 is 1.68 bits per heavy atom. The molecule has 0 unspecified atom stereocenters. The number of morpholine rings is 1. The number of ether oxygens (including phenoxy) is 2. The van der Waals surface area contributed by atoms with E-state index in [0.717, 1.165) is 29.0 Å². The number of halogens is 2. The molecule has 4 saturated heterocycles. The topological polar surface area (TPSA) is 166 Å². The van der Waals surface area contributed by atoms with Crippen LogP contribution in [-0.4, -0.2) is 112 Å². The second-order valence-electron chi connectivity index (χ2n) is 14.1. The number of carbonyl (C=O) groups excluding carboxylic acids is 4. The molecule has 13 nitrogen and oxygen atoms in total. The highest BCUT2D eigenvalue weighted by Gasteiger charge is 2.51. The van der Waals surface area contributed by atoms with Crippen LogP contribution in [-0.2, 0) is 40.7 Å². The summed E-state index contributed by atoms with van der Waals surface area (Å²) in [7, 11) is -5.80. The second-order valence-corrected chi connectivity index (χ2v) is 16.8. The average Bonchev–Trinajstić information content (AvgIpc) is 3.75. The lowest BCUT2D eigenvalue weighted by Crippen LogP contribution is -2.63. The number of hydrogen-bond donors (Lipinski definition) is 3. The first-order valence-electron chi connectivity index (χ1n) is 17.7. The SMILES string of the molecule is O=C(N[C@H]1C[C@H](OCc2ccccc2)CC[C@H]2CC[C@@H](C(=O)N3CC(C(=O)N4CCOCC4)C3)N2C1=O)c1cc2cc(C(F)(F)P(=O)(O)O)ccc2s1. The maximum atomic E-state index is 14.5. The summed E-state index contributed by atoms with van der Waals surface area (Å²) in [4.78, 5) is 78.6. The molecule has 1 aromatic heterocycles. The largest absolute Gasteiger partial charge is 0.399 e. The van der Waals surface area contributed by atoms with Crippen LogP contribution < -0.4 is 5.32 Å². The van der Waals surface area contributed by atoms with Gasteiger partial charge >= 0.3 is 13.3 Å². The summed E-state index contributed by atoms with van der Waals surface area (Å²) >= 11 is 0.986. The number of thiophene rings is 1. The molecule has 4 aliphatic rings. The van der Waals surface area contributed by atoms with Crippen LogP contribution in [0.4, 0.5) is 8.78 Å². The first-order chi connectivity index (χ1) is 25.3. The van der Waals surface area contributed by atoms with Gasteiger partial charge < -0.3 is 39.3 Å². The van der Waals surface area contributed by atoms with Gasteiger partial charge in [-0.05, 0) is 54.8 Å². The number of amides is 4. The molecule has 2 aromatic carbocycles. The van der Waals surface area contributed by atoms with Gasteiger partial charge in [0.1, 0.15) is 12.1 Å². The summed E-state index contributed by atoms with van der Waals surface area (Å²) < 4.78 is 52.4. The van der Waals surface area contributed by atoms with Gasteiger partial charge in [0.25, 0.3) is 5.91 Å². The van der Waals surface area contributed by atoms with E-state index >= 15 is 0 Å². The minimum absolute atomic E-state index is 0.00118. The number of benzene rings is 2. The molecule has 17 heteroatoms. The molecule has 4 atom stereocenters. The Kier molecular flexibility index (Phi) is 10.7. The second kappa shape index (κ2) is 15.2. The van der Waals surface area contributed by atoms with E-state index in [2.05, 4.69) is 5.32 Å². The summed E-state index contributed by atoms with van der Waals surface area (Å²) in [6, 6.07) is 11.9. The van der Waals surface area contributed by atoms with Crippen molar-refractivity contribution >= 4 is 52.6 Å².